The highest BCUT2D eigenvalue weighted by molar-refractivity contribution is 5.64. The van der Waals surface area contributed by atoms with E-state index in [0.29, 0.717) is 0 Å². The SMILES string of the molecule is C/C(=C\CN(C)CCCC(C)C)c1cccc(C(C)N)c1. The second kappa shape index (κ2) is 9.01. The van der Waals surface area contributed by atoms with Crippen molar-refractivity contribution in [1.29, 1.82) is 0 Å². The molecule has 0 fully saturated rings. The normalized spacial score (nSPS) is 14.0. The van der Waals surface area contributed by atoms with Crippen LogP contribution in [0.5, 0.6) is 0 Å². The Hall–Kier alpha value is -1.12. The fourth-order valence-corrected chi connectivity index (χ4v) is 2.34. The largest absolute Gasteiger partial charge is 0.324 e. The van der Waals surface area contributed by atoms with Gasteiger partial charge in [-0.1, -0.05) is 38.1 Å². The topological polar surface area (TPSA) is 29.3 Å². The first-order valence-corrected chi connectivity index (χ1v) is 8.11. The predicted octanol–water partition coefficient (Wildman–Crippen LogP) is 4.48. The number of rotatable bonds is 8. The third-order valence-electron chi connectivity index (χ3n) is 3.90. The average Bonchev–Trinajstić information content (AvgIpc) is 2.44. The summed E-state index contributed by atoms with van der Waals surface area (Å²) in [5.41, 5.74) is 9.76. The van der Waals surface area contributed by atoms with E-state index >= 15 is 0 Å². The molecule has 0 amide bonds. The number of hydrogen-bond acceptors (Lipinski definition) is 2. The van der Waals surface area contributed by atoms with Crippen LogP contribution in [0.25, 0.3) is 5.57 Å². The van der Waals surface area contributed by atoms with Crippen molar-refractivity contribution in [3.63, 3.8) is 0 Å². The van der Waals surface area contributed by atoms with Gasteiger partial charge in [-0.3, -0.25) is 0 Å². The first-order valence-electron chi connectivity index (χ1n) is 8.11. The molecule has 0 aliphatic heterocycles. The Morgan fingerprint density at radius 1 is 1.29 bits per heavy atom. The molecule has 0 radical (unpaired) electrons. The highest BCUT2D eigenvalue weighted by Gasteiger charge is 2.03. The maximum Gasteiger partial charge on any atom is 0.0266 e. The van der Waals surface area contributed by atoms with Crippen LogP contribution in [0, 0.1) is 5.92 Å². The standard InChI is InChI=1S/C19H32N2/c1-15(2)8-7-12-21(5)13-11-16(3)18-9-6-10-19(14-18)17(4)20/h6,9-11,14-15,17H,7-8,12-13,20H2,1-5H3/b16-11+. The Labute approximate surface area is 131 Å². The Kier molecular flexibility index (Phi) is 7.69. The van der Waals surface area contributed by atoms with Gasteiger partial charge in [0, 0.05) is 12.6 Å². The first-order chi connectivity index (χ1) is 9.90. The number of hydrogen-bond donors (Lipinski definition) is 1. The second-order valence-corrected chi connectivity index (χ2v) is 6.60. The van der Waals surface area contributed by atoms with E-state index in [1.54, 1.807) is 0 Å². The van der Waals surface area contributed by atoms with Crippen LogP contribution in [-0.2, 0) is 0 Å². The van der Waals surface area contributed by atoms with Crippen molar-refractivity contribution in [2.75, 3.05) is 20.1 Å². The van der Waals surface area contributed by atoms with Gasteiger partial charge in [-0.2, -0.15) is 0 Å². The van der Waals surface area contributed by atoms with Crippen molar-refractivity contribution in [3.05, 3.63) is 41.5 Å². The summed E-state index contributed by atoms with van der Waals surface area (Å²) in [7, 11) is 2.20. The van der Waals surface area contributed by atoms with E-state index in [0.717, 1.165) is 12.5 Å². The van der Waals surface area contributed by atoms with Crippen LogP contribution in [0.2, 0.25) is 0 Å². The van der Waals surface area contributed by atoms with E-state index in [9.17, 15) is 0 Å². The maximum absolute atomic E-state index is 5.96. The van der Waals surface area contributed by atoms with E-state index in [4.69, 9.17) is 5.73 Å². The van der Waals surface area contributed by atoms with Crippen LogP contribution in [0.1, 0.15) is 57.7 Å². The Morgan fingerprint density at radius 2 is 2.00 bits per heavy atom. The molecular weight excluding hydrogens is 256 g/mol. The second-order valence-electron chi connectivity index (χ2n) is 6.60. The van der Waals surface area contributed by atoms with E-state index in [2.05, 4.69) is 63.1 Å². The lowest BCUT2D eigenvalue weighted by Gasteiger charge is -2.16. The Morgan fingerprint density at radius 3 is 2.62 bits per heavy atom. The quantitative estimate of drug-likeness (QED) is 0.764. The zero-order chi connectivity index (χ0) is 15.8. The molecule has 0 saturated carbocycles. The van der Waals surface area contributed by atoms with E-state index in [-0.39, 0.29) is 6.04 Å². The summed E-state index contributed by atoms with van der Waals surface area (Å²) in [5.74, 6) is 0.802. The van der Waals surface area contributed by atoms with E-state index in [1.165, 1.54) is 36.1 Å². The van der Waals surface area contributed by atoms with Gasteiger partial charge in [0.25, 0.3) is 0 Å². The molecule has 1 aromatic rings. The average molecular weight is 288 g/mol. The number of allylic oxidation sites excluding steroid dienone is 1. The molecule has 0 spiro atoms. The van der Waals surface area contributed by atoms with Gasteiger partial charge < -0.3 is 10.6 Å². The summed E-state index contributed by atoms with van der Waals surface area (Å²) in [6, 6.07) is 8.65. The van der Waals surface area contributed by atoms with Gasteiger partial charge in [0.1, 0.15) is 0 Å². The van der Waals surface area contributed by atoms with Crippen LogP contribution in [0.4, 0.5) is 0 Å². The third kappa shape index (κ3) is 6.92. The van der Waals surface area contributed by atoms with E-state index < -0.39 is 0 Å². The molecule has 0 bridgehead atoms. The van der Waals surface area contributed by atoms with Crippen molar-refractivity contribution in [1.82, 2.24) is 4.90 Å². The summed E-state index contributed by atoms with van der Waals surface area (Å²) < 4.78 is 0. The molecule has 1 rings (SSSR count). The molecule has 1 atom stereocenters. The molecule has 0 aromatic heterocycles. The Balaban J connectivity index is 2.54. The van der Waals surface area contributed by atoms with Crippen LogP contribution >= 0.6 is 0 Å². The third-order valence-corrected chi connectivity index (χ3v) is 3.90. The molecule has 1 unspecified atom stereocenters. The van der Waals surface area contributed by atoms with Gasteiger partial charge in [-0.15, -0.1) is 0 Å². The highest BCUT2D eigenvalue weighted by Crippen LogP contribution is 2.18. The minimum Gasteiger partial charge on any atom is -0.324 e. The van der Waals surface area contributed by atoms with Crippen LogP contribution in [0.3, 0.4) is 0 Å². The predicted molar refractivity (Wildman–Crippen MR) is 94.3 cm³/mol. The molecule has 0 aliphatic carbocycles. The Bertz CT molecular complexity index is 447. The first kappa shape index (κ1) is 17.9. The lowest BCUT2D eigenvalue weighted by molar-refractivity contribution is 0.348. The lowest BCUT2D eigenvalue weighted by Crippen LogP contribution is -2.20. The van der Waals surface area contributed by atoms with Crippen molar-refractivity contribution in [2.45, 2.75) is 46.6 Å². The monoisotopic (exact) mass is 288 g/mol. The molecule has 0 aliphatic rings. The summed E-state index contributed by atoms with van der Waals surface area (Å²) in [4.78, 5) is 2.39. The molecule has 2 heteroatoms. The summed E-state index contributed by atoms with van der Waals surface area (Å²) in [6.07, 6.45) is 4.90. The van der Waals surface area contributed by atoms with Crippen molar-refractivity contribution in [3.8, 4) is 0 Å². The number of likely N-dealkylation sites (N-methyl/N-ethyl adjacent to an activating group) is 1. The van der Waals surface area contributed by atoms with Crippen LogP contribution < -0.4 is 5.73 Å². The number of benzene rings is 1. The number of nitrogens with two attached hydrogens (primary N) is 1. The van der Waals surface area contributed by atoms with Gasteiger partial charge in [0.2, 0.25) is 0 Å². The van der Waals surface area contributed by atoms with Gasteiger partial charge in [0.15, 0.2) is 0 Å². The van der Waals surface area contributed by atoms with Gasteiger partial charge in [0.05, 0.1) is 0 Å². The van der Waals surface area contributed by atoms with Crippen molar-refractivity contribution >= 4 is 5.57 Å². The summed E-state index contributed by atoms with van der Waals surface area (Å²) in [6.45, 7) is 11.0. The molecule has 1 aromatic carbocycles. The number of nitrogens with zero attached hydrogens (tertiary/aromatic N) is 1. The highest BCUT2D eigenvalue weighted by atomic mass is 15.1. The molecule has 2 N–H and O–H groups in total. The van der Waals surface area contributed by atoms with Crippen molar-refractivity contribution in [2.24, 2.45) is 11.7 Å². The van der Waals surface area contributed by atoms with Gasteiger partial charge in [-0.25, -0.2) is 0 Å². The van der Waals surface area contributed by atoms with Crippen LogP contribution in [-0.4, -0.2) is 25.0 Å². The molecule has 2 nitrogen and oxygen atoms in total. The minimum atomic E-state index is 0.0939. The van der Waals surface area contributed by atoms with Gasteiger partial charge >= 0.3 is 0 Å². The van der Waals surface area contributed by atoms with E-state index in [1.807, 2.05) is 6.92 Å². The fourth-order valence-electron chi connectivity index (χ4n) is 2.34. The zero-order valence-electron chi connectivity index (χ0n) is 14.4. The molecular formula is C19H32N2. The molecule has 0 heterocycles. The van der Waals surface area contributed by atoms with Crippen molar-refractivity contribution < 1.29 is 0 Å². The van der Waals surface area contributed by atoms with Gasteiger partial charge in [-0.05, 0) is 69.0 Å². The fraction of sp³-hybridized carbons (Fsp3) is 0.579. The zero-order valence-corrected chi connectivity index (χ0v) is 14.4. The molecule has 118 valence electrons. The lowest BCUT2D eigenvalue weighted by atomic mass is 10.0. The summed E-state index contributed by atoms with van der Waals surface area (Å²) in [5, 5.41) is 0. The minimum absolute atomic E-state index is 0.0939. The van der Waals surface area contributed by atoms with Crippen LogP contribution in [0.15, 0.2) is 30.3 Å². The summed E-state index contributed by atoms with van der Waals surface area (Å²) >= 11 is 0. The maximum atomic E-state index is 5.96. The smallest absolute Gasteiger partial charge is 0.0266 e. The molecule has 21 heavy (non-hydrogen) atoms. The molecule has 0 saturated heterocycles.